The molecule has 0 fully saturated rings. The second-order valence-corrected chi connectivity index (χ2v) is 7.23. The molecule has 146 valence electrons. The van der Waals surface area contributed by atoms with Crippen molar-refractivity contribution in [1.82, 2.24) is 30.2 Å². The molecule has 0 aliphatic carbocycles. The molecule has 1 atom stereocenters. The van der Waals surface area contributed by atoms with Crippen molar-refractivity contribution in [2.24, 2.45) is 0 Å². The number of nitrogens with one attached hydrogen (secondary N) is 1. The minimum Gasteiger partial charge on any atom is -0.361 e. The van der Waals surface area contributed by atoms with Gasteiger partial charge in [-0.05, 0) is 45.2 Å². The molecule has 0 spiro atoms. The third kappa shape index (κ3) is 3.81. The molecule has 3 aromatic heterocycles. The zero-order valence-electron chi connectivity index (χ0n) is 16.2. The van der Waals surface area contributed by atoms with Gasteiger partial charge < -0.3 is 14.4 Å². The fraction of sp³-hybridized carbons (Fsp3) is 0.450. The van der Waals surface area contributed by atoms with Crippen molar-refractivity contribution >= 4 is 5.91 Å². The molecule has 0 saturated heterocycles. The van der Waals surface area contributed by atoms with E-state index in [0.717, 1.165) is 60.0 Å². The van der Waals surface area contributed by atoms with Gasteiger partial charge in [0.05, 0.1) is 5.69 Å². The molecule has 3 aromatic rings. The molecular weight excluding hydrogens is 356 g/mol. The number of nitrogens with zero attached hydrogens (tertiary/aromatic N) is 5. The summed E-state index contributed by atoms with van der Waals surface area (Å²) >= 11 is 0. The fourth-order valence-electron chi connectivity index (χ4n) is 3.74. The SMILES string of the molecule is Cc1noc(C)c1CCC(=O)NC1CCc2nnc(-c3cccnc3)n2CC1. The highest BCUT2D eigenvalue weighted by Gasteiger charge is 2.22. The molecule has 0 aromatic carbocycles. The molecule has 0 bridgehead atoms. The first-order chi connectivity index (χ1) is 13.6. The Balaban J connectivity index is 1.35. The van der Waals surface area contributed by atoms with E-state index in [0.29, 0.717) is 12.8 Å². The van der Waals surface area contributed by atoms with E-state index in [9.17, 15) is 4.79 Å². The van der Waals surface area contributed by atoms with Crippen molar-refractivity contribution < 1.29 is 9.32 Å². The Labute approximate surface area is 163 Å². The fourth-order valence-corrected chi connectivity index (χ4v) is 3.74. The van der Waals surface area contributed by atoms with E-state index in [1.807, 2.05) is 26.0 Å². The van der Waals surface area contributed by atoms with E-state index in [1.54, 1.807) is 12.4 Å². The monoisotopic (exact) mass is 380 g/mol. The number of rotatable bonds is 5. The minimum atomic E-state index is 0.0650. The van der Waals surface area contributed by atoms with Crippen molar-refractivity contribution in [1.29, 1.82) is 0 Å². The first-order valence-electron chi connectivity index (χ1n) is 9.65. The molecular formula is C20H24N6O2. The van der Waals surface area contributed by atoms with Crippen LogP contribution >= 0.6 is 0 Å². The van der Waals surface area contributed by atoms with Crippen LogP contribution in [0.4, 0.5) is 0 Å². The minimum absolute atomic E-state index is 0.0650. The summed E-state index contributed by atoms with van der Waals surface area (Å²) in [5.41, 5.74) is 2.85. The first kappa shape index (κ1) is 18.3. The molecule has 8 nitrogen and oxygen atoms in total. The van der Waals surface area contributed by atoms with Gasteiger partial charge in [0.2, 0.25) is 5.91 Å². The molecule has 1 aliphatic rings. The topological polar surface area (TPSA) is 98.7 Å². The summed E-state index contributed by atoms with van der Waals surface area (Å²) in [6.07, 6.45) is 7.15. The summed E-state index contributed by atoms with van der Waals surface area (Å²) in [4.78, 5) is 16.6. The van der Waals surface area contributed by atoms with E-state index < -0.39 is 0 Å². The molecule has 1 aliphatic heterocycles. The van der Waals surface area contributed by atoms with Gasteiger partial charge in [-0.25, -0.2) is 0 Å². The summed E-state index contributed by atoms with van der Waals surface area (Å²) in [6.45, 7) is 4.57. The molecule has 4 heterocycles. The first-order valence-corrected chi connectivity index (χ1v) is 9.65. The molecule has 1 amide bonds. The predicted molar refractivity (Wildman–Crippen MR) is 102 cm³/mol. The van der Waals surface area contributed by atoms with Crippen molar-refractivity contribution in [2.75, 3.05) is 0 Å². The van der Waals surface area contributed by atoms with Crippen molar-refractivity contribution in [2.45, 2.75) is 58.5 Å². The predicted octanol–water partition coefficient (Wildman–Crippen LogP) is 2.40. The summed E-state index contributed by atoms with van der Waals surface area (Å²) in [5, 5.41) is 15.8. The van der Waals surface area contributed by atoms with Crippen molar-refractivity contribution in [3.05, 3.63) is 47.4 Å². The Bertz CT molecular complexity index is 943. The highest BCUT2D eigenvalue weighted by molar-refractivity contribution is 5.76. The van der Waals surface area contributed by atoms with Crippen molar-refractivity contribution in [3.63, 3.8) is 0 Å². The number of hydrogen-bond donors (Lipinski definition) is 1. The van der Waals surface area contributed by atoms with Crippen LogP contribution in [-0.2, 0) is 24.2 Å². The number of fused-ring (bicyclic) bond motifs is 1. The van der Waals surface area contributed by atoms with Crippen LogP contribution < -0.4 is 5.32 Å². The third-order valence-corrected chi connectivity index (χ3v) is 5.31. The molecule has 0 saturated carbocycles. The normalized spacial score (nSPS) is 16.4. The smallest absolute Gasteiger partial charge is 0.220 e. The van der Waals surface area contributed by atoms with Gasteiger partial charge in [0.15, 0.2) is 5.82 Å². The van der Waals surface area contributed by atoms with E-state index in [4.69, 9.17) is 4.52 Å². The second-order valence-electron chi connectivity index (χ2n) is 7.23. The molecule has 8 heteroatoms. The Kier molecular flexibility index (Phi) is 5.18. The van der Waals surface area contributed by atoms with E-state index in [2.05, 4.69) is 30.2 Å². The van der Waals surface area contributed by atoms with Gasteiger partial charge in [-0.1, -0.05) is 5.16 Å². The Morgan fingerprint density at radius 2 is 2.21 bits per heavy atom. The van der Waals surface area contributed by atoms with Crippen molar-refractivity contribution in [3.8, 4) is 11.4 Å². The van der Waals surface area contributed by atoms with Crippen LogP contribution in [0.2, 0.25) is 0 Å². The highest BCUT2D eigenvalue weighted by atomic mass is 16.5. The number of carbonyl (C=O) groups is 1. The van der Waals surface area contributed by atoms with Gasteiger partial charge in [-0.3, -0.25) is 9.78 Å². The maximum absolute atomic E-state index is 12.4. The van der Waals surface area contributed by atoms with Gasteiger partial charge >= 0.3 is 0 Å². The highest BCUT2D eigenvalue weighted by Crippen LogP contribution is 2.22. The Hall–Kier alpha value is -3.03. The third-order valence-electron chi connectivity index (χ3n) is 5.31. The van der Waals surface area contributed by atoms with Gasteiger partial charge in [0.1, 0.15) is 11.6 Å². The second kappa shape index (κ2) is 7.92. The largest absolute Gasteiger partial charge is 0.361 e. The summed E-state index contributed by atoms with van der Waals surface area (Å²) < 4.78 is 7.31. The number of hydrogen-bond acceptors (Lipinski definition) is 6. The molecule has 28 heavy (non-hydrogen) atoms. The number of aryl methyl sites for hydroxylation is 3. The lowest BCUT2D eigenvalue weighted by molar-refractivity contribution is -0.121. The number of aromatic nitrogens is 5. The summed E-state index contributed by atoms with van der Waals surface area (Å²) in [7, 11) is 0. The van der Waals surface area contributed by atoms with E-state index in [1.165, 1.54) is 0 Å². The number of pyridine rings is 1. The average Bonchev–Trinajstić information content (AvgIpc) is 3.19. The van der Waals surface area contributed by atoms with Gasteiger partial charge in [-0.15, -0.1) is 10.2 Å². The molecule has 4 rings (SSSR count). The van der Waals surface area contributed by atoms with E-state index >= 15 is 0 Å². The average molecular weight is 380 g/mol. The summed E-state index contributed by atoms with van der Waals surface area (Å²) in [5.74, 6) is 2.66. The molecule has 1 N–H and O–H groups in total. The van der Waals surface area contributed by atoms with Crippen LogP contribution in [0.1, 0.15) is 42.1 Å². The summed E-state index contributed by atoms with van der Waals surface area (Å²) in [6, 6.07) is 4.03. The quantitative estimate of drug-likeness (QED) is 0.730. The van der Waals surface area contributed by atoms with Gasteiger partial charge in [0.25, 0.3) is 0 Å². The molecule has 1 unspecified atom stereocenters. The number of amides is 1. The Morgan fingerprint density at radius 1 is 1.32 bits per heavy atom. The van der Waals surface area contributed by atoms with Crippen LogP contribution in [0.3, 0.4) is 0 Å². The maximum Gasteiger partial charge on any atom is 0.220 e. The Morgan fingerprint density at radius 3 is 2.96 bits per heavy atom. The van der Waals surface area contributed by atoms with Gasteiger partial charge in [-0.2, -0.15) is 0 Å². The maximum atomic E-state index is 12.4. The lowest BCUT2D eigenvalue weighted by Gasteiger charge is -2.16. The van der Waals surface area contributed by atoms with E-state index in [-0.39, 0.29) is 11.9 Å². The lowest BCUT2D eigenvalue weighted by atomic mass is 10.1. The lowest BCUT2D eigenvalue weighted by Crippen LogP contribution is -2.35. The standard InChI is InChI=1S/C20H24N6O2/c1-13-17(14(2)28-25-13)6-8-19(27)22-16-5-7-18-23-24-20(26(18)11-9-16)15-4-3-10-21-12-15/h3-4,10,12,16H,5-9,11H2,1-2H3,(H,22,27). The van der Waals surface area contributed by atoms with Crippen LogP contribution in [0, 0.1) is 13.8 Å². The van der Waals surface area contributed by atoms with Crippen LogP contribution in [0.25, 0.3) is 11.4 Å². The zero-order valence-corrected chi connectivity index (χ0v) is 16.2. The number of carbonyl (C=O) groups excluding carboxylic acids is 1. The van der Waals surface area contributed by atoms with Crippen LogP contribution in [-0.4, -0.2) is 36.9 Å². The van der Waals surface area contributed by atoms with Crippen LogP contribution in [0.15, 0.2) is 29.0 Å². The molecule has 0 radical (unpaired) electrons. The van der Waals surface area contributed by atoms with Crippen LogP contribution in [0.5, 0.6) is 0 Å². The van der Waals surface area contributed by atoms with Gasteiger partial charge in [0, 0.05) is 48.9 Å². The zero-order chi connectivity index (χ0) is 19.5.